The number of nitrogens with one attached hydrogen (secondary N) is 1. The van der Waals surface area contributed by atoms with E-state index in [2.05, 4.69) is 30.6 Å². The topological polar surface area (TPSA) is 15.3 Å². The van der Waals surface area contributed by atoms with Gasteiger partial charge in [-0.25, -0.2) is 0 Å². The van der Waals surface area contributed by atoms with Crippen LogP contribution < -0.4 is 5.32 Å². The molecule has 0 bridgehead atoms. The van der Waals surface area contributed by atoms with Crippen molar-refractivity contribution in [3.05, 3.63) is 12.2 Å². The molecule has 1 atom stereocenters. The second-order valence-electron chi connectivity index (χ2n) is 4.33. The highest BCUT2D eigenvalue weighted by atomic mass is 15.1. The van der Waals surface area contributed by atoms with Crippen LogP contribution in [0, 0.1) is 5.92 Å². The summed E-state index contributed by atoms with van der Waals surface area (Å²) < 4.78 is 0. The van der Waals surface area contributed by atoms with Crippen molar-refractivity contribution in [2.24, 2.45) is 5.92 Å². The quantitative estimate of drug-likeness (QED) is 0.653. The van der Waals surface area contributed by atoms with Gasteiger partial charge in [-0.15, -0.1) is 0 Å². The minimum atomic E-state index is 0.932. The lowest BCUT2D eigenvalue weighted by molar-refractivity contribution is 0.346. The Bertz CT molecular complexity index is 177. The second-order valence-corrected chi connectivity index (χ2v) is 4.33. The highest BCUT2D eigenvalue weighted by Gasteiger charge is 2.20. The fourth-order valence-corrected chi connectivity index (χ4v) is 2.06. The van der Waals surface area contributed by atoms with Gasteiger partial charge in [0.05, 0.1) is 0 Å². The Hall–Kier alpha value is -0.340. The van der Waals surface area contributed by atoms with Gasteiger partial charge in [0, 0.05) is 19.6 Å². The summed E-state index contributed by atoms with van der Waals surface area (Å²) in [4.78, 5) is 2.54. The Balaban J connectivity index is 2.15. The standard InChI is InChI=1S/C12H24N2/c1-4-12-6-7-14(10-12)9-11(3)8-13-5-2/h12-13H,3-10H2,1-2H3. The summed E-state index contributed by atoms with van der Waals surface area (Å²) in [6.07, 6.45) is 2.71. The Morgan fingerprint density at radius 2 is 2.29 bits per heavy atom. The molecule has 1 saturated heterocycles. The van der Waals surface area contributed by atoms with Gasteiger partial charge in [-0.2, -0.15) is 0 Å². The van der Waals surface area contributed by atoms with E-state index in [0.717, 1.165) is 25.6 Å². The molecule has 1 aliphatic heterocycles. The zero-order valence-electron chi connectivity index (χ0n) is 9.68. The van der Waals surface area contributed by atoms with Crippen molar-refractivity contribution in [1.29, 1.82) is 0 Å². The molecule has 2 nitrogen and oxygen atoms in total. The van der Waals surface area contributed by atoms with Crippen LogP contribution in [0.3, 0.4) is 0 Å². The summed E-state index contributed by atoms with van der Waals surface area (Å²) >= 11 is 0. The van der Waals surface area contributed by atoms with E-state index in [1.807, 2.05) is 0 Å². The molecular formula is C12H24N2. The van der Waals surface area contributed by atoms with E-state index in [0.29, 0.717) is 0 Å². The molecule has 14 heavy (non-hydrogen) atoms. The van der Waals surface area contributed by atoms with E-state index < -0.39 is 0 Å². The van der Waals surface area contributed by atoms with Crippen molar-refractivity contribution >= 4 is 0 Å². The fourth-order valence-electron chi connectivity index (χ4n) is 2.06. The SMILES string of the molecule is C=C(CNCC)CN1CCC(CC)C1. The van der Waals surface area contributed by atoms with E-state index in [1.165, 1.54) is 31.5 Å². The fraction of sp³-hybridized carbons (Fsp3) is 0.833. The predicted octanol–water partition coefficient (Wildman–Crippen LogP) is 1.88. The normalized spacial score (nSPS) is 22.9. The first-order chi connectivity index (χ1) is 6.76. The second kappa shape index (κ2) is 6.20. The van der Waals surface area contributed by atoms with Gasteiger partial charge in [0.25, 0.3) is 0 Å². The van der Waals surface area contributed by atoms with Crippen molar-refractivity contribution in [2.75, 3.05) is 32.7 Å². The number of hydrogen-bond donors (Lipinski definition) is 1. The minimum absolute atomic E-state index is 0.932. The Kier molecular flexibility index (Phi) is 5.20. The molecular weight excluding hydrogens is 172 g/mol. The Morgan fingerprint density at radius 3 is 2.86 bits per heavy atom. The van der Waals surface area contributed by atoms with Gasteiger partial charge in [0.1, 0.15) is 0 Å². The molecule has 0 amide bonds. The zero-order chi connectivity index (χ0) is 10.4. The summed E-state index contributed by atoms with van der Waals surface area (Å²) in [5, 5.41) is 3.32. The van der Waals surface area contributed by atoms with Crippen LogP contribution in [-0.4, -0.2) is 37.6 Å². The lowest BCUT2D eigenvalue weighted by Crippen LogP contribution is -2.27. The van der Waals surface area contributed by atoms with Crippen LogP contribution in [0.2, 0.25) is 0 Å². The van der Waals surface area contributed by atoms with Crippen LogP contribution in [-0.2, 0) is 0 Å². The molecule has 0 aromatic carbocycles. The lowest BCUT2D eigenvalue weighted by Gasteiger charge is -2.17. The minimum Gasteiger partial charge on any atom is -0.313 e. The summed E-state index contributed by atoms with van der Waals surface area (Å²) in [6.45, 7) is 14.2. The molecule has 0 aromatic heterocycles. The van der Waals surface area contributed by atoms with Crippen LogP contribution in [0.25, 0.3) is 0 Å². The predicted molar refractivity (Wildman–Crippen MR) is 62.5 cm³/mol. The van der Waals surface area contributed by atoms with Crippen LogP contribution in [0.15, 0.2) is 12.2 Å². The van der Waals surface area contributed by atoms with Gasteiger partial charge < -0.3 is 5.32 Å². The third-order valence-electron chi connectivity index (χ3n) is 3.02. The molecule has 1 N–H and O–H groups in total. The van der Waals surface area contributed by atoms with Gasteiger partial charge in [-0.3, -0.25) is 4.90 Å². The van der Waals surface area contributed by atoms with Crippen molar-refractivity contribution < 1.29 is 0 Å². The zero-order valence-corrected chi connectivity index (χ0v) is 9.68. The average Bonchev–Trinajstić information content (AvgIpc) is 2.62. The highest BCUT2D eigenvalue weighted by molar-refractivity contribution is 5.00. The Labute approximate surface area is 88.4 Å². The Morgan fingerprint density at radius 1 is 1.50 bits per heavy atom. The first-order valence-corrected chi connectivity index (χ1v) is 5.86. The van der Waals surface area contributed by atoms with Gasteiger partial charge in [-0.05, 0) is 31.0 Å². The van der Waals surface area contributed by atoms with Crippen LogP contribution >= 0.6 is 0 Å². The van der Waals surface area contributed by atoms with Gasteiger partial charge in [-0.1, -0.05) is 26.8 Å². The smallest absolute Gasteiger partial charge is 0.0202 e. The molecule has 0 spiro atoms. The number of hydrogen-bond acceptors (Lipinski definition) is 2. The van der Waals surface area contributed by atoms with E-state index in [9.17, 15) is 0 Å². The monoisotopic (exact) mass is 196 g/mol. The molecule has 0 aromatic rings. The van der Waals surface area contributed by atoms with Crippen LogP contribution in [0.1, 0.15) is 26.7 Å². The molecule has 0 aliphatic carbocycles. The largest absolute Gasteiger partial charge is 0.313 e. The van der Waals surface area contributed by atoms with E-state index >= 15 is 0 Å². The highest BCUT2D eigenvalue weighted by Crippen LogP contribution is 2.19. The van der Waals surface area contributed by atoms with Crippen LogP contribution in [0.5, 0.6) is 0 Å². The van der Waals surface area contributed by atoms with Gasteiger partial charge in [0.15, 0.2) is 0 Å². The lowest BCUT2D eigenvalue weighted by atomic mass is 10.1. The molecule has 1 unspecified atom stereocenters. The van der Waals surface area contributed by atoms with Crippen molar-refractivity contribution in [2.45, 2.75) is 26.7 Å². The summed E-state index contributed by atoms with van der Waals surface area (Å²) in [5.74, 6) is 0.932. The first kappa shape index (κ1) is 11.7. The van der Waals surface area contributed by atoms with Gasteiger partial charge in [0.2, 0.25) is 0 Å². The molecule has 0 radical (unpaired) electrons. The molecule has 2 heteroatoms. The molecule has 1 aliphatic rings. The molecule has 1 heterocycles. The number of likely N-dealkylation sites (tertiary alicyclic amines) is 1. The number of likely N-dealkylation sites (N-methyl/N-ethyl adjacent to an activating group) is 1. The molecule has 1 fully saturated rings. The average molecular weight is 196 g/mol. The van der Waals surface area contributed by atoms with Crippen LogP contribution in [0.4, 0.5) is 0 Å². The van der Waals surface area contributed by atoms with E-state index in [-0.39, 0.29) is 0 Å². The van der Waals surface area contributed by atoms with Crippen molar-refractivity contribution in [3.63, 3.8) is 0 Å². The summed E-state index contributed by atoms with van der Waals surface area (Å²) in [5.41, 5.74) is 1.32. The van der Waals surface area contributed by atoms with E-state index in [4.69, 9.17) is 0 Å². The van der Waals surface area contributed by atoms with Crippen molar-refractivity contribution in [3.8, 4) is 0 Å². The third kappa shape index (κ3) is 3.81. The molecule has 0 saturated carbocycles. The van der Waals surface area contributed by atoms with Gasteiger partial charge >= 0.3 is 0 Å². The van der Waals surface area contributed by atoms with Crippen molar-refractivity contribution in [1.82, 2.24) is 10.2 Å². The maximum atomic E-state index is 4.10. The number of rotatable bonds is 6. The number of nitrogens with zero attached hydrogens (tertiary/aromatic N) is 1. The molecule has 1 rings (SSSR count). The third-order valence-corrected chi connectivity index (χ3v) is 3.02. The maximum Gasteiger partial charge on any atom is 0.0202 e. The molecule has 82 valence electrons. The summed E-state index contributed by atoms with van der Waals surface area (Å²) in [6, 6.07) is 0. The van der Waals surface area contributed by atoms with E-state index in [1.54, 1.807) is 0 Å². The maximum absolute atomic E-state index is 4.10. The first-order valence-electron chi connectivity index (χ1n) is 5.86. The summed E-state index contributed by atoms with van der Waals surface area (Å²) in [7, 11) is 0.